The molecule has 1 aromatic rings. The molecule has 0 amide bonds. The van der Waals surface area contributed by atoms with Gasteiger partial charge in [0.15, 0.2) is 5.69 Å². The van der Waals surface area contributed by atoms with Gasteiger partial charge in [0.25, 0.3) is 0 Å². The van der Waals surface area contributed by atoms with Gasteiger partial charge in [-0.15, -0.1) is 0 Å². The van der Waals surface area contributed by atoms with E-state index >= 15 is 0 Å². The third-order valence-electron chi connectivity index (χ3n) is 2.99. The summed E-state index contributed by atoms with van der Waals surface area (Å²) in [6.45, 7) is 5.30. The first-order chi connectivity index (χ1) is 8.93. The Hall–Kier alpha value is -1.12. The largest absolute Gasteiger partial charge is 0.595 e. The number of ether oxygens (including phenoxy) is 1. The molecule has 0 radical (unpaired) electrons. The Kier molecular flexibility index (Phi) is 4.12. The minimum atomic E-state index is -0.989. The van der Waals surface area contributed by atoms with Crippen molar-refractivity contribution in [3.8, 4) is 5.75 Å². The van der Waals surface area contributed by atoms with E-state index < -0.39 is 12.3 Å². The lowest BCUT2D eigenvalue weighted by Crippen LogP contribution is -2.99. The van der Waals surface area contributed by atoms with E-state index in [4.69, 9.17) is 19.3 Å². The lowest BCUT2D eigenvalue weighted by Gasteiger charge is -2.33. The van der Waals surface area contributed by atoms with E-state index in [1.54, 1.807) is 6.07 Å². The minimum absolute atomic E-state index is 0.00919. The molecule has 0 aromatic heterocycles. The maximum atomic E-state index is 10.9. The molecule has 0 aliphatic carbocycles. The van der Waals surface area contributed by atoms with Crippen molar-refractivity contribution in [2.45, 2.75) is 13.8 Å². The number of rotatable bonds is 3. The summed E-state index contributed by atoms with van der Waals surface area (Å²) >= 11 is 0. The molecule has 104 valence electrons. The number of nitrogens with one attached hydrogen (secondary N) is 1. The van der Waals surface area contributed by atoms with E-state index in [1.165, 1.54) is 19.2 Å². The molecule has 2 N–H and O–H groups in total. The van der Waals surface area contributed by atoms with Crippen LogP contribution in [0.3, 0.4) is 0 Å². The van der Waals surface area contributed by atoms with Gasteiger partial charge in [0.2, 0.25) is 0 Å². The summed E-state index contributed by atoms with van der Waals surface area (Å²) < 4.78 is 16.6. The summed E-state index contributed by atoms with van der Waals surface area (Å²) in [5.41, 5.74) is 0.879. The zero-order chi connectivity index (χ0) is 14.0. The van der Waals surface area contributed by atoms with Crippen molar-refractivity contribution < 1.29 is 24.5 Å². The Morgan fingerprint density at radius 2 is 2.00 bits per heavy atom. The molecule has 7 heteroatoms. The summed E-state index contributed by atoms with van der Waals surface area (Å²) in [5, 5.41) is 18.9. The Bertz CT molecular complexity index is 442. The summed E-state index contributed by atoms with van der Waals surface area (Å²) in [7, 11) is 0.989. The number of methoxy groups -OCH3 is 1. The lowest BCUT2D eigenvalue weighted by atomic mass is 9.75. The van der Waals surface area contributed by atoms with Crippen LogP contribution in [0.4, 0.5) is 5.69 Å². The first kappa shape index (κ1) is 14.3. The molecule has 19 heavy (non-hydrogen) atoms. The summed E-state index contributed by atoms with van der Waals surface area (Å²) in [4.78, 5) is 0. The van der Waals surface area contributed by atoms with Gasteiger partial charge in [-0.05, 0) is 0 Å². The van der Waals surface area contributed by atoms with Crippen molar-refractivity contribution >= 4 is 18.3 Å². The molecule has 0 bridgehead atoms. The van der Waals surface area contributed by atoms with E-state index in [-0.39, 0.29) is 11.1 Å². The Labute approximate surface area is 112 Å². The van der Waals surface area contributed by atoms with Gasteiger partial charge in [-0.2, -0.15) is 5.23 Å². The van der Waals surface area contributed by atoms with Crippen molar-refractivity contribution in [3.63, 3.8) is 0 Å². The average Bonchev–Trinajstić information content (AvgIpc) is 2.38. The van der Waals surface area contributed by atoms with Gasteiger partial charge in [-0.1, -0.05) is 19.9 Å². The quantitative estimate of drug-likeness (QED) is 0.589. The van der Waals surface area contributed by atoms with Crippen LogP contribution >= 0.6 is 0 Å². The molecule has 1 aliphatic rings. The summed E-state index contributed by atoms with van der Waals surface area (Å²) in [6, 6.07) is 4.67. The zero-order valence-corrected chi connectivity index (χ0v) is 11.3. The van der Waals surface area contributed by atoms with Gasteiger partial charge in [0, 0.05) is 36.2 Å². The van der Waals surface area contributed by atoms with Gasteiger partial charge in [-0.3, -0.25) is 0 Å². The van der Waals surface area contributed by atoms with Crippen molar-refractivity contribution in [1.82, 2.24) is 0 Å². The highest BCUT2D eigenvalue weighted by molar-refractivity contribution is 6.62. The monoisotopic (exact) mass is 267 g/mol. The number of benzene rings is 1. The average molecular weight is 267 g/mol. The molecule has 0 saturated carbocycles. The normalized spacial score (nSPS) is 20.2. The fraction of sp³-hybridized carbons (Fsp3) is 0.500. The molecule has 1 aromatic carbocycles. The highest BCUT2D eigenvalue weighted by Crippen LogP contribution is 2.23. The third-order valence-corrected chi connectivity index (χ3v) is 2.99. The highest BCUT2D eigenvalue weighted by Gasteiger charge is 2.35. The SMILES string of the molecule is COc1cc([NH+]([O-])O)ccc1B1OCC(C)(C)CO1. The second-order valence-corrected chi connectivity index (χ2v) is 5.38. The topological polar surface area (TPSA) is 75.4 Å². The minimum Gasteiger partial charge on any atom is -0.595 e. The zero-order valence-electron chi connectivity index (χ0n) is 11.3. The molecular weight excluding hydrogens is 249 g/mol. The van der Waals surface area contributed by atoms with E-state index in [9.17, 15) is 5.21 Å². The lowest BCUT2D eigenvalue weighted by molar-refractivity contribution is -0.991. The Balaban J connectivity index is 2.21. The van der Waals surface area contributed by atoms with Crippen LogP contribution in [0.25, 0.3) is 0 Å². The maximum Gasteiger partial charge on any atom is 0.497 e. The standard InChI is InChI=1S/C12H18BNO5/c1-12(2)7-18-13(19-8-12)10-5-4-9(14(15)16)6-11(10)17-3/h4-6,14-15H,7-8H2,1-3H3. The second kappa shape index (κ2) is 5.48. The molecule has 2 rings (SSSR count). The Morgan fingerprint density at radius 3 is 2.53 bits per heavy atom. The van der Waals surface area contributed by atoms with E-state index in [0.29, 0.717) is 24.4 Å². The highest BCUT2D eigenvalue weighted by atomic mass is 16.8. The predicted molar refractivity (Wildman–Crippen MR) is 69.8 cm³/mol. The van der Waals surface area contributed by atoms with Crippen molar-refractivity contribution in [2.24, 2.45) is 5.41 Å². The number of hydrogen-bond donors (Lipinski definition) is 2. The van der Waals surface area contributed by atoms with E-state index in [0.717, 1.165) is 0 Å². The first-order valence-corrected chi connectivity index (χ1v) is 6.07. The van der Waals surface area contributed by atoms with Gasteiger partial charge in [0.1, 0.15) is 5.75 Å². The molecular formula is C12H18BNO5. The molecule has 1 atom stereocenters. The summed E-state index contributed by atoms with van der Waals surface area (Å²) in [5.74, 6) is 0.463. The van der Waals surface area contributed by atoms with Gasteiger partial charge < -0.3 is 19.3 Å². The number of quaternary nitrogens is 1. The Morgan fingerprint density at radius 1 is 1.37 bits per heavy atom. The molecule has 1 heterocycles. The second-order valence-electron chi connectivity index (χ2n) is 5.38. The van der Waals surface area contributed by atoms with Crippen LogP contribution in [0, 0.1) is 10.6 Å². The van der Waals surface area contributed by atoms with Gasteiger partial charge in [0.05, 0.1) is 7.11 Å². The van der Waals surface area contributed by atoms with Crippen LogP contribution in [0.15, 0.2) is 18.2 Å². The molecule has 0 spiro atoms. The third kappa shape index (κ3) is 3.26. The van der Waals surface area contributed by atoms with E-state index in [2.05, 4.69) is 13.8 Å². The molecule has 6 nitrogen and oxygen atoms in total. The van der Waals surface area contributed by atoms with Crippen molar-refractivity contribution in [2.75, 3.05) is 20.3 Å². The molecule has 1 unspecified atom stereocenters. The fourth-order valence-electron chi connectivity index (χ4n) is 1.91. The molecule has 1 saturated heterocycles. The van der Waals surface area contributed by atoms with Gasteiger partial charge in [-0.25, -0.2) is 5.21 Å². The fourth-order valence-corrected chi connectivity index (χ4v) is 1.91. The van der Waals surface area contributed by atoms with Crippen LogP contribution in [0.5, 0.6) is 5.75 Å². The summed E-state index contributed by atoms with van der Waals surface area (Å²) in [6.07, 6.45) is 0. The molecule has 1 aliphatic heterocycles. The van der Waals surface area contributed by atoms with Crippen LogP contribution < -0.4 is 15.4 Å². The van der Waals surface area contributed by atoms with Crippen LogP contribution in [0.2, 0.25) is 0 Å². The smallest absolute Gasteiger partial charge is 0.497 e. The molecule has 1 fully saturated rings. The van der Waals surface area contributed by atoms with Crippen molar-refractivity contribution in [1.29, 1.82) is 0 Å². The predicted octanol–water partition coefficient (Wildman–Crippen LogP) is -0.133. The maximum absolute atomic E-state index is 10.9. The first-order valence-electron chi connectivity index (χ1n) is 6.07. The van der Waals surface area contributed by atoms with E-state index in [1.807, 2.05) is 0 Å². The number of hydrogen-bond acceptors (Lipinski definition) is 5. The van der Waals surface area contributed by atoms with Crippen LogP contribution in [-0.4, -0.2) is 32.6 Å². The van der Waals surface area contributed by atoms with Gasteiger partial charge >= 0.3 is 7.12 Å². The van der Waals surface area contributed by atoms with Crippen LogP contribution in [-0.2, 0) is 9.31 Å². The van der Waals surface area contributed by atoms with Crippen LogP contribution in [0.1, 0.15) is 13.8 Å². The van der Waals surface area contributed by atoms with Crippen molar-refractivity contribution in [3.05, 3.63) is 23.4 Å².